The molecule has 0 aromatic carbocycles. The van der Waals surface area contributed by atoms with Gasteiger partial charge in [-0.25, -0.2) is 0 Å². The van der Waals surface area contributed by atoms with Crippen molar-refractivity contribution in [2.45, 2.75) is 9.96 Å². The second-order valence-corrected chi connectivity index (χ2v) is 5.57. The molecular formula is C7H7N3S3. The van der Waals surface area contributed by atoms with Crippen molar-refractivity contribution in [1.82, 2.24) is 10.2 Å². The summed E-state index contributed by atoms with van der Waals surface area (Å²) < 4.78 is 1.30. The molecule has 0 atom stereocenters. The van der Waals surface area contributed by atoms with E-state index in [-0.39, 0.29) is 0 Å². The van der Waals surface area contributed by atoms with Crippen molar-refractivity contribution in [2.75, 3.05) is 5.73 Å². The summed E-state index contributed by atoms with van der Waals surface area (Å²) in [5.74, 6) is 0.857. The van der Waals surface area contributed by atoms with E-state index in [0.29, 0.717) is 5.13 Å². The van der Waals surface area contributed by atoms with Gasteiger partial charge in [-0.05, 0) is 11.4 Å². The predicted molar refractivity (Wildman–Crippen MR) is 58.2 cm³/mol. The highest BCUT2D eigenvalue weighted by molar-refractivity contribution is 8.00. The molecule has 6 heteroatoms. The maximum Gasteiger partial charge on any atom is 0.203 e. The minimum absolute atomic E-state index is 0.543. The lowest BCUT2D eigenvalue weighted by atomic mass is 10.7. The summed E-state index contributed by atoms with van der Waals surface area (Å²) in [6.07, 6.45) is 0. The summed E-state index contributed by atoms with van der Waals surface area (Å²) in [4.78, 5) is 0. The van der Waals surface area contributed by atoms with Gasteiger partial charge in [0.25, 0.3) is 0 Å². The molecule has 0 aliphatic heterocycles. The molecule has 0 aliphatic rings. The van der Waals surface area contributed by atoms with Crippen LogP contribution in [-0.4, -0.2) is 10.2 Å². The van der Waals surface area contributed by atoms with Crippen LogP contribution >= 0.6 is 34.4 Å². The van der Waals surface area contributed by atoms with E-state index in [0.717, 1.165) is 10.8 Å². The fourth-order valence-corrected chi connectivity index (χ4v) is 3.18. The van der Waals surface area contributed by atoms with Crippen LogP contribution in [-0.2, 0) is 5.75 Å². The van der Waals surface area contributed by atoms with E-state index >= 15 is 0 Å². The maximum absolute atomic E-state index is 5.47. The molecule has 0 amide bonds. The minimum atomic E-state index is 0.543. The Morgan fingerprint density at radius 1 is 1.46 bits per heavy atom. The SMILES string of the molecule is Nc1nnc(CSc2cccs2)s1. The third-order valence-corrected chi connectivity index (χ3v) is 4.39. The number of nitrogens with two attached hydrogens (primary N) is 1. The highest BCUT2D eigenvalue weighted by Gasteiger charge is 2.02. The first kappa shape index (κ1) is 8.98. The smallest absolute Gasteiger partial charge is 0.203 e. The Kier molecular flexibility index (Phi) is 2.82. The van der Waals surface area contributed by atoms with Gasteiger partial charge < -0.3 is 5.73 Å². The summed E-state index contributed by atoms with van der Waals surface area (Å²) in [7, 11) is 0. The van der Waals surface area contributed by atoms with Gasteiger partial charge >= 0.3 is 0 Å². The van der Waals surface area contributed by atoms with Crippen molar-refractivity contribution >= 4 is 39.6 Å². The number of hydrogen-bond acceptors (Lipinski definition) is 6. The zero-order chi connectivity index (χ0) is 9.10. The molecule has 0 fully saturated rings. The molecule has 0 aliphatic carbocycles. The van der Waals surface area contributed by atoms with Gasteiger partial charge in [0.05, 0.1) is 9.96 Å². The van der Waals surface area contributed by atoms with E-state index in [1.54, 1.807) is 23.1 Å². The molecule has 0 bridgehead atoms. The fraction of sp³-hybridized carbons (Fsp3) is 0.143. The number of nitrogen functional groups attached to an aromatic ring is 1. The first-order chi connectivity index (χ1) is 6.34. The molecular weight excluding hydrogens is 222 g/mol. The van der Waals surface area contributed by atoms with Crippen molar-refractivity contribution in [3.63, 3.8) is 0 Å². The number of anilines is 1. The van der Waals surface area contributed by atoms with Crippen LogP contribution in [0, 0.1) is 0 Å². The van der Waals surface area contributed by atoms with Gasteiger partial charge in [0.15, 0.2) is 0 Å². The van der Waals surface area contributed by atoms with Gasteiger partial charge in [0, 0.05) is 0 Å². The molecule has 2 rings (SSSR count). The molecule has 2 aromatic heterocycles. The van der Waals surface area contributed by atoms with E-state index in [2.05, 4.69) is 21.6 Å². The zero-order valence-corrected chi connectivity index (χ0v) is 9.09. The lowest BCUT2D eigenvalue weighted by molar-refractivity contribution is 1.05. The lowest BCUT2D eigenvalue weighted by Gasteiger charge is -1.91. The standard InChI is InChI=1S/C7H7N3S3/c8-7-10-9-5(13-7)4-12-6-2-1-3-11-6/h1-3H,4H2,(H2,8,10). The second-order valence-electron chi connectivity index (χ2n) is 2.25. The van der Waals surface area contributed by atoms with Crippen LogP contribution in [0.3, 0.4) is 0 Å². The molecule has 2 aromatic rings. The summed E-state index contributed by atoms with van der Waals surface area (Å²) in [6.45, 7) is 0. The van der Waals surface area contributed by atoms with Gasteiger partial charge in [0.2, 0.25) is 5.13 Å². The Morgan fingerprint density at radius 3 is 3.00 bits per heavy atom. The van der Waals surface area contributed by atoms with Gasteiger partial charge in [-0.2, -0.15) is 0 Å². The molecule has 13 heavy (non-hydrogen) atoms. The first-order valence-electron chi connectivity index (χ1n) is 3.59. The quantitative estimate of drug-likeness (QED) is 0.821. The number of thioether (sulfide) groups is 1. The monoisotopic (exact) mass is 229 g/mol. The van der Waals surface area contributed by atoms with Crippen molar-refractivity contribution in [3.05, 3.63) is 22.5 Å². The molecule has 2 N–H and O–H groups in total. The molecule has 0 radical (unpaired) electrons. The topological polar surface area (TPSA) is 51.8 Å². The van der Waals surface area contributed by atoms with Gasteiger partial charge in [-0.1, -0.05) is 17.4 Å². The number of hydrogen-bond donors (Lipinski definition) is 1. The molecule has 3 nitrogen and oxygen atoms in total. The molecule has 2 heterocycles. The summed E-state index contributed by atoms with van der Waals surface area (Å²) >= 11 is 4.95. The Balaban J connectivity index is 1.93. The molecule has 68 valence electrons. The van der Waals surface area contributed by atoms with Gasteiger partial charge in [-0.15, -0.1) is 33.3 Å². The van der Waals surface area contributed by atoms with E-state index in [1.165, 1.54) is 15.5 Å². The van der Waals surface area contributed by atoms with E-state index in [1.807, 2.05) is 6.07 Å². The van der Waals surface area contributed by atoms with Crippen molar-refractivity contribution in [1.29, 1.82) is 0 Å². The Morgan fingerprint density at radius 2 is 2.38 bits per heavy atom. The average Bonchev–Trinajstić information content (AvgIpc) is 2.71. The molecule has 0 spiro atoms. The molecule has 0 saturated carbocycles. The maximum atomic E-state index is 5.47. The highest BCUT2D eigenvalue weighted by Crippen LogP contribution is 2.28. The van der Waals surface area contributed by atoms with E-state index in [9.17, 15) is 0 Å². The van der Waals surface area contributed by atoms with E-state index in [4.69, 9.17) is 5.73 Å². The third kappa shape index (κ3) is 2.43. The van der Waals surface area contributed by atoms with Crippen LogP contribution in [0.25, 0.3) is 0 Å². The van der Waals surface area contributed by atoms with Crippen LogP contribution in [0.4, 0.5) is 5.13 Å². The van der Waals surface area contributed by atoms with Crippen molar-refractivity contribution in [3.8, 4) is 0 Å². The largest absolute Gasteiger partial charge is 0.374 e. The Bertz CT molecular complexity index is 368. The first-order valence-corrected chi connectivity index (χ1v) is 6.27. The second kappa shape index (κ2) is 4.08. The zero-order valence-electron chi connectivity index (χ0n) is 6.64. The normalized spacial score (nSPS) is 10.5. The van der Waals surface area contributed by atoms with Crippen molar-refractivity contribution in [2.24, 2.45) is 0 Å². The van der Waals surface area contributed by atoms with E-state index < -0.39 is 0 Å². The van der Waals surface area contributed by atoms with Crippen LogP contribution in [0.15, 0.2) is 21.7 Å². The van der Waals surface area contributed by atoms with Crippen molar-refractivity contribution < 1.29 is 0 Å². The Hall–Kier alpha value is -0.590. The molecule has 0 unspecified atom stereocenters. The fourth-order valence-electron chi connectivity index (χ4n) is 0.803. The average molecular weight is 229 g/mol. The number of nitrogens with zero attached hydrogens (tertiary/aromatic N) is 2. The summed E-state index contributed by atoms with van der Waals surface area (Å²) in [5.41, 5.74) is 5.47. The van der Waals surface area contributed by atoms with Gasteiger partial charge in [-0.3, -0.25) is 0 Å². The lowest BCUT2D eigenvalue weighted by Crippen LogP contribution is -1.80. The van der Waals surface area contributed by atoms with Crippen LogP contribution in [0.5, 0.6) is 0 Å². The Labute approximate surface area is 88.0 Å². The van der Waals surface area contributed by atoms with Gasteiger partial charge in [0.1, 0.15) is 5.01 Å². The van der Waals surface area contributed by atoms with Crippen LogP contribution in [0.2, 0.25) is 0 Å². The number of thiophene rings is 1. The van der Waals surface area contributed by atoms with Crippen LogP contribution in [0.1, 0.15) is 5.01 Å². The van der Waals surface area contributed by atoms with Crippen LogP contribution < -0.4 is 5.73 Å². The summed E-state index contributed by atoms with van der Waals surface area (Å²) in [6, 6.07) is 4.14. The third-order valence-electron chi connectivity index (χ3n) is 1.32. The number of aromatic nitrogens is 2. The highest BCUT2D eigenvalue weighted by atomic mass is 32.2. The summed E-state index contributed by atoms with van der Waals surface area (Å²) in [5, 5.41) is 11.3. The predicted octanol–water partition coefficient (Wildman–Crippen LogP) is 2.47. The minimum Gasteiger partial charge on any atom is -0.374 e. The number of rotatable bonds is 3. The molecule has 0 saturated heterocycles.